The van der Waals surface area contributed by atoms with Crippen molar-refractivity contribution in [2.45, 2.75) is 26.4 Å². The van der Waals surface area contributed by atoms with E-state index in [-0.39, 0.29) is 5.91 Å². The highest BCUT2D eigenvalue weighted by molar-refractivity contribution is 7.10. The molecule has 1 amide bonds. The number of anilines is 1. The summed E-state index contributed by atoms with van der Waals surface area (Å²) in [6, 6.07) is 11.7. The summed E-state index contributed by atoms with van der Waals surface area (Å²) in [4.78, 5) is 16.7. The lowest BCUT2D eigenvalue weighted by Crippen LogP contribution is -2.31. The Labute approximate surface area is 168 Å². The SMILES string of the molecule is Cc1ccsc1CN1CC2Cc3nnc(C(=O)Nc4ccccc4)n3CC2C1. The van der Waals surface area contributed by atoms with Gasteiger partial charge < -0.3 is 9.88 Å². The molecule has 2 atom stereocenters. The zero-order chi connectivity index (χ0) is 19.1. The number of carbonyl (C=O) groups excluding carboxylic acids is 1. The molecule has 144 valence electrons. The summed E-state index contributed by atoms with van der Waals surface area (Å²) in [5, 5.41) is 13.6. The molecule has 28 heavy (non-hydrogen) atoms. The van der Waals surface area contributed by atoms with Crippen LogP contribution in [0.5, 0.6) is 0 Å². The molecule has 1 aromatic carbocycles. The van der Waals surface area contributed by atoms with Crippen LogP contribution >= 0.6 is 11.3 Å². The van der Waals surface area contributed by atoms with Gasteiger partial charge >= 0.3 is 0 Å². The molecule has 1 fully saturated rings. The summed E-state index contributed by atoms with van der Waals surface area (Å²) in [5.41, 5.74) is 2.16. The highest BCUT2D eigenvalue weighted by Gasteiger charge is 2.39. The Hall–Kier alpha value is -2.51. The fourth-order valence-electron chi connectivity index (χ4n) is 4.40. The second-order valence-electron chi connectivity index (χ2n) is 7.82. The number of benzene rings is 1. The van der Waals surface area contributed by atoms with Gasteiger partial charge in [-0.1, -0.05) is 18.2 Å². The highest BCUT2D eigenvalue weighted by Crippen LogP contribution is 2.34. The normalized spacial score (nSPS) is 21.3. The maximum atomic E-state index is 12.7. The molecule has 0 radical (unpaired) electrons. The molecule has 7 heteroatoms. The smallest absolute Gasteiger partial charge is 0.293 e. The number of nitrogens with zero attached hydrogens (tertiary/aromatic N) is 4. The van der Waals surface area contributed by atoms with Crippen molar-refractivity contribution >= 4 is 22.9 Å². The molecule has 0 spiro atoms. The Kier molecular flexibility index (Phi) is 4.49. The van der Waals surface area contributed by atoms with Crippen molar-refractivity contribution in [3.8, 4) is 0 Å². The van der Waals surface area contributed by atoms with E-state index in [0.717, 1.165) is 44.1 Å². The third kappa shape index (κ3) is 3.25. The van der Waals surface area contributed by atoms with E-state index in [1.807, 2.05) is 46.2 Å². The minimum atomic E-state index is -0.188. The first-order valence-electron chi connectivity index (χ1n) is 9.71. The van der Waals surface area contributed by atoms with Gasteiger partial charge in [0, 0.05) is 43.2 Å². The molecule has 2 unspecified atom stereocenters. The van der Waals surface area contributed by atoms with Gasteiger partial charge in [-0.3, -0.25) is 9.69 Å². The summed E-state index contributed by atoms with van der Waals surface area (Å²) < 4.78 is 2.03. The predicted octanol–water partition coefficient (Wildman–Crippen LogP) is 3.20. The lowest BCUT2D eigenvalue weighted by Gasteiger charge is -2.25. The second-order valence-corrected chi connectivity index (χ2v) is 8.82. The van der Waals surface area contributed by atoms with Crippen LogP contribution < -0.4 is 5.32 Å². The summed E-state index contributed by atoms with van der Waals surface area (Å²) in [6.07, 6.45) is 0.899. The number of amides is 1. The van der Waals surface area contributed by atoms with E-state index in [1.54, 1.807) is 0 Å². The number of rotatable bonds is 4. The monoisotopic (exact) mass is 393 g/mol. The number of hydrogen-bond acceptors (Lipinski definition) is 5. The Morgan fingerprint density at radius 1 is 1.14 bits per heavy atom. The number of thiophene rings is 1. The molecule has 5 rings (SSSR count). The summed E-state index contributed by atoms with van der Waals surface area (Å²) in [7, 11) is 0. The third-order valence-corrected chi connectivity index (χ3v) is 6.92. The van der Waals surface area contributed by atoms with E-state index in [0.29, 0.717) is 17.7 Å². The number of fused-ring (bicyclic) bond motifs is 2. The molecule has 0 aliphatic carbocycles. The van der Waals surface area contributed by atoms with Crippen LogP contribution in [0.4, 0.5) is 5.69 Å². The minimum absolute atomic E-state index is 0.188. The molecule has 0 bridgehead atoms. The molecule has 2 aliphatic rings. The van der Waals surface area contributed by atoms with Gasteiger partial charge in [-0.25, -0.2) is 0 Å². The van der Waals surface area contributed by atoms with Crippen LogP contribution in [0.1, 0.15) is 26.9 Å². The number of hydrogen-bond donors (Lipinski definition) is 1. The van der Waals surface area contributed by atoms with E-state index in [4.69, 9.17) is 0 Å². The van der Waals surface area contributed by atoms with E-state index in [2.05, 4.69) is 38.8 Å². The zero-order valence-electron chi connectivity index (χ0n) is 15.8. The quantitative estimate of drug-likeness (QED) is 0.739. The van der Waals surface area contributed by atoms with E-state index >= 15 is 0 Å². The predicted molar refractivity (Wildman–Crippen MR) is 109 cm³/mol. The van der Waals surface area contributed by atoms with Crippen molar-refractivity contribution < 1.29 is 4.79 Å². The Morgan fingerprint density at radius 2 is 1.96 bits per heavy atom. The molecule has 1 saturated heterocycles. The number of aryl methyl sites for hydroxylation is 1. The number of para-hydroxylation sites is 1. The van der Waals surface area contributed by atoms with Gasteiger partial charge in [0.25, 0.3) is 5.91 Å². The average Bonchev–Trinajstić information content (AvgIpc) is 3.39. The lowest BCUT2D eigenvalue weighted by molar-refractivity contribution is 0.100. The van der Waals surface area contributed by atoms with Crippen molar-refractivity contribution in [2.75, 3.05) is 18.4 Å². The maximum Gasteiger partial charge on any atom is 0.293 e. The molecule has 0 saturated carbocycles. The third-order valence-electron chi connectivity index (χ3n) is 5.91. The van der Waals surface area contributed by atoms with E-state index < -0.39 is 0 Å². The van der Waals surface area contributed by atoms with Crippen LogP contribution in [0, 0.1) is 18.8 Å². The molecular formula is C21H23N5OS. The Bertz CT molecular complexity index is 995. The van der Waals surface area contributed by atoms with Crippen molar-refractivity contribution in [2.24, 2.45) is 11.8 Å². The molecule has 2 aromatic heterocycles. The lowest BCUT2D eigenvalue weighted by atomic mass is 9.89. The second kappa shape index (κ2) is 7.14. The van der Waals surface area contributed by atoms with Crippen LogP contribution in [0.3, 0.4) is 0 Å². The largest absolute Gasteiger partial charge is 0.319 e. The maximum absolute atomic E-state index is 12.7. The molecule has 3 aromatic rings. The van der Waals surface area contributed by atoms with E-state index in [1.165, 1.54) is 10.4 Å². The first-order chi connectivity index (χ1) is 13.7. The van der Waals surface area contributed by atoms with Gasteiger partial charge in [0.2, 0.25) is 5.82 Å². The van der Waals surface area contributed by atoms with Gasteiger partial charge in [-0.2, -0.15) is 0 Å². The van der Waals surface area contributed by atoms with Crippen molar-refractivity contribution in [3.05, 3.63) is 63.9 Å². The standard InChI is InChI=1S/C21H23N5OS/c1-14-7-8-28-18(14)13-25-10-15-9-19-23-24-20(26(19)12-16(15)11-25)21(27)22-17-5-3-2-4-6-17/h2-8,15-16H,9-13H2,1H3,(H,22,27). The minimum Gasteiger partial charge on any atom is -0.319 e. The van der Waals surface area contributed by atoms with Crippen LogP contribution in [-0.2, 0) is 19.5 Å². The van der Waals surface area contributed by atoms with Crippen LogP contribution in [0.25, 0.3) is 0 Å². The Morgan fingerprint density at radius 3 is 2.75 bits per heavy atom. The summed E-state index contributed by atoms with van der Waals surface area (Å²) in [6.45, 7) is 6.20. The molecule has 6 nitrogen and oxygen atoms in total. The van der Waals surface area contributed by atoms with Gasteiger partial charge in [0.15, 0.2) is 0 Å². The topological polar surface area (TPSA) is 63.1 Å². The fourth-order valence-corrected chi connectivity index (χ4v) is 5.34. The Balaban J connectivity index is 1.29. The number of carbonyl (C=O) groups is 1. The molecule has 4 heterocycles. The zero-order valence-corrected chi connectivity index (χ0v) is 16.7. The number of aromatic nitrogens is 3. The first kappa shape index (κ1) is 17.6. The first-order valence-corrected chi connectivity index (χ1v) is 10.6. The summed E-state index contributed by atoms with van der Waals surface area (Å²) in [5.74, 6) is 2.32. The van der Waals surface area contributed by atoms with Gasteiger partial charge in [-0.05, 0) is 47.9 Å². The molecular weight excluding hydrogens is 370 g/mol. The molecule has 1 N–H and O–H groups in total. The highest BCUT2D eigenvalue weighted by atomic mass is 32.1. The van der Waals surface area contributed by atoms with Gasteiger partial charge in [0.1, 0.15) is 5.82 Å². The van der Waals surface area contributed by atoms with E-state index in [9.17, 15) is 4.79 Å². The van der Waals surface area contributed by atoms with Crippen LogP contribution in [-0.4, -0.2) is 38.7 Å². The van der Waals surface area contributed by atoms with Crippen molar-refractivity contribution in [3.63, 3.8) is 0 Å². The van der Waals surface area contributed by atoms with Crippen LogP contribution in [0.2, 0.25) is 0 Å². The number of likely N-dealkylation sites (tertiary alicyclic amines) is 1. The van der Waals surface area contributed by atoms with Crippen molar-refractivity contribution in [1.29, 1.82) is 0 Å². The van der Waals surface area contributed by atoms with Crippen molar-refractivity contribution in [1.82, 2.24) is 19.7 Å². The number of nitrogens with one attached hydrogen (secondary N) is 1. The average molecular weight is 394 g/mol. The van der Waals surface area contributed by atoms with Gasteiger partial charge in [0.05, 0.1) is 0 Å². The molecule has 2 aliphatic heterocycles. The summed E-state index contributed by atoms with van der Waals surface area (Å²) >= 11 is 1.84. The fraction of sp³-hybridized carbons (Fsp3) is 0.381. The van der Waals surface area contributed by atoms with Crippen LogP contribution in [0.15, 0.2) is 41.8 Å². The van der Waals surface area contributed by atoms with Gasteiger partial charge in [-0.15, -0.1) is 21.5 Å².